The molecular weight excluding hydrogens is 1160 g/mol. The summed E-state index contributed by atoms with van der Waals surface area (Å²) < 4.78 is 179. The number of methoxy groups -OCH3 is 16. The van der Waals surface area contributed by atoms with E-state index in [0.29, 0.717) is 0 Å². The van der Waals surface area contributed by atoms with Crippen molar-refractivity contribution in [1.82, 2.24) is 0 Å². The minimum atomic E-state index is -1.30. The molecule has 34 heteroatoms. The first-order chi connectivity index (χ1) is 41.9. The van der Waals surface area contributed by atoms with E-state index in [2.05, 4.69) is 20.1 Å². The van der Waals surface area contributed by atoms with Crippen LogP contribution in [-0.4, -0.2) is 338 Å². The maximum Gasteiger partial charge on any atom is 0.187 e. The Bertz CT molecular complexity index is 1930. The highest BCUT2D eigenvalue weighted by Crippen LogP contribution is 2.42. The van der Waals surface area contributed by atoms with Crippen molar-refractivity contribution in [1.29, 1.82) is 0 Å². The standard InChI is InChI=1S/C52H90N6O28/c1-59-19-25-31-37(65-7)45(73-15)51(79-25)85-33-27(21-61-3)77-49(43(71-13)39(33)67-9)82-30-24(18-56-58-54)76-48(42(70-12)36(30)64-6)84-32-26(20-60-2)80-52(46(74-16)38(32)66-8)86-34-28(22-62-4)78-50(44(72-14)40(34)68-10)81-29-23(17-55-57-53)75-47(83-31)41(69-11)35(29)63-5/h23-52H,17-22H2,1-16H3/t23-,24-,25-,26-,27-,28-,29-,30-,31-,32-,33-,34-,35+,36+,37+,38+,39+,40+,41-,42-,43-,44-,45-,46-,47-,48-,49-,50-,51-,52-/m1/s1. The molecule has 496 valence electrons. The third kappa shape index (κ3) is 15.3. The van der Waals surface area contributed by atoms with Gasteiger partial charge in [0.15, 0.2) is 37.7 Å². The Morgan fingerprint density at radius 3 is 0.558 bits per heavy atom. The van der Waals surface area contributed by atoms with Crippen molar-refractivity contribution >= 4 is 0 Å². The van der Waals surface area contributed by atoms with Crippen LogP contribution in [0.15, 0.2) is 10.2 Å². The molecule has 22 fully saturated rings. The monoisotopic (exact) mass is 1250 g/mol. The van der Waals surface area contributed by atoms with Crippen molar-refractivity contribution in [3.63, 3.8) is 0 Å². The fourth-order valence-electron chi connectivity index (χ4n) is 12.7. The lowest BCUT2D eigenvalue weighted by Crippen LogP contribution is -2.70. The smallest absolute Gasteiger partial charge is 0.187 e. The van der Waals surface area contributed by atoms with E-state index >= 15 is 0 Å². The summed E-state index contributed by atoms with van der Waals surface area (Å²) in [6.07, 6.45) is -32.5. The van der Waals surface area contributed by atoms with E-state index in [1.54, 1.807) is 0 Å². The van der Waals surface area contributed by atoms with Gasteiger partial charge in [-0.15, -0.1) is 0 Å². The number of hydrogen-bond acceptors (Lipinski definition) is 30. The molecule has 12 bridgehead atoms. The summed E-state index contributed by atoms with van der Waals surface area (Å²) in [4.78, 5) is 6.10. The molecule has 22 saturated heterocycles. The summed E-state index contributed by atoms with van der Waals surface area (Å²) in [6, 6.07) is 0. The fraction of sp³-hybridized carbons (Fsp3) is 1.00. The Balaban J connectivity index is 1.37. The van der Waals surface area contributed by atoms with Gasteiger partial charge >= 0.3 is 0 Å². The van der Waals surface area contributed by atoms with Gasteiger partial charge < -0.3 is 133 Å². The van der Waals surface area contributed by atoms with Gasteiger partial charge in [-0.25, -0.2) is 0 Å². The Kier molecular flexibility index (Phi) is 28.7. The van der Waals surface area contributed by atoms with Gasteiger partial charge in [-0.3, -0.25) is 0 Å². The zero-order valence-corrected chi connectivity index (χ0v) is 51.7. The van der Waals surface area contributed by atoms with E-state index in [9.17, 15) is 11.1 Å². The van der Waals surface area contributed by atoms with Crippen LogP contribution >= 0.6 is 0 Å². The fourth-order valence-corrected chi connectivity index (χ4v) is 12.7. The minimum absolute atomic E-state index is 0.0684. The average molecular weight is 1250 g/mol. The van der Waals surface area contributed by atoms with Crippen LogP contribution in [0.3, 0.4) is 0 Å². The first-order valence-corrected chi connectivity index (χ1v) is 28.1. The van der Waals surface area contributed by atoms with Gasteiger partial charge in [-0.05, 0) is 11.1 Å². The number of nitrogens with zero attached hydrogens (tertiary/aromatic N) is 6. The number of hydrogen-bond donors (Lipinski definition) is 0. The van der Waals surface area contributed by atoms with Gasteiger partial charge in [0, 0.05) is 124 Å². The normalized spacial score (nSPS) is 45.0. The largest absolute Gasteiger partial charge is 0.382 e. The van der Waals surface area contributed by atoms with Gasteiger partial charge in [0.05, 0.1) is 51.7 Å². The van der Waals surface area contributed by atoms with Gasteiger partial charge in [0.25, 0.3) is 0 Å². The number of azide groups is 2. The molecular formula is C52H90N6O28. The van der Waals surface area contributed by atoms with Crippen molar-refractivity contribution in [2.75, 3.05) is 153 Å². The van der Waals surface area contributed by atoms with Crippen LogP contribution in [0.5, 0.6) is 0 Å². The molecule has 22 rings (SSSR count). The highest BCUT2D eigenvalue weighted by molar-refractivity contribution is 5.04. The molecule has 0 saturated carbocycles. The highest BCUT2D eigenvalue weighted by atomic mass is 16.8. The molecule has 0 amide bonds. The SMILES string of the molecule is COC[C@H]1O[C@@H]2O[C@H]3[C@H](OC)[C@@H](OC)[C@@H](O[C@H]4[C@H](OC)[C@@H](OC)[C@@H](O[C@H]5[C@H](OC)[C@@H](OC)[C@@H](O[C@H]6[C@H](OC)[C@@H](OC)[C@@H](O[C@H]7[C@H](OC)[C@@H](OC)[C@@H](O[C@H]1[C@H](OC)[C@H]2OC)O[C@@H]7CN=[N+]=[N-])O[C@@H]6COC)O[C@@H]5COC)O[C@@H]4CN=[N+]=[N-])O[C@@H]3COC. The Morgan fingerprint density at radius 2 is 0.407 bits per heavy atom. The lowest BCUT2D eigenvalue weighted by molar-refractivity contribution is -0.408. The van der Waals surface area contributed by atoms with Crippen molar-refractivity contribution in [3.8, 4) is 0 Å². The van der Waals surface area contributed by atoms with E-state index < -0.39 is 184 Å². The molecule has 86 heavy (non-hydrogen) atoms. The van der Waals surface area contributed by atoms with Gasteiger partial charge in [-0.2, -0.15) is 0 Å². The molecule has 0 aromatic heterocycles. The predicted octanol–water partition coefficient (Wildman–Crippen LogP) is 0.0468. The van der Waals surface area contributed by atoms with E-state index in [4.69, 9.17) is 133 Å². The molecule has 22 heterocycles. The van der Waals surface area contributed by atoms with Crippen molar-refractivity contribution in [2.24, 2.45) is 10.2 Å². The maximum absolute atomic E-state index is 9.73. The first-order valence-electron chi connectivity index (χ1n) is 28.1. The van der Waals surface area contributed by atoms with E-state index in [1.807, 2.05) is 0 Å². The summed E-state index contributed by atoms with van der Waals surface area (Å²) in [7, 11) is 23.5. The Morgan fingerprint density at radius 1 is 0.244 bits per heavy atom. The molecule has 0 aromatic rings. The molecule has 22 aliphatic heterocycles. The molecule has 0 aliphatic carbocycles. The Hall–Kier alpha value is -2.50. The third-order valence-corrected chi connectivity index (χ3v) is 16.5. The van der Waals surface area contributed by atoms with E-state index in [-0.39, 0.29) is 39.5 Å². The second kappa shape index (κ2) is 34.8. The van der Waals surface area contributed by atoms with Crippen molar-refractivity contribution < 1.29 is 133 Å². The van der Waals surface area contributed by atoms with E-state index in [0.717, 1.165) is 0 Å². The molecule has 0 unspecified atom stereocenters. The molecule has 34 nitrogen and oxygen atoms in total. The summed E-state index contributed by atoms with van der Waals surface area (Å²) in [5.74, 6) is 0. The predicted molar refractivity (Wildman–Crippen MR) is 286 cm³/mol. The number of rotatable bonds is 24. The maximum atomic E-state index is 9.73. The number of ether oxygens (including phenoxy) is 28. The summed E-state index contributed by atoms with van der Waals surface area (Å²) in [5, 5.41) is 7.82. The van der Waals surface area contributed by atoms with Crippen LogP contribution in [0.2, 0.25) is 0 Å². The van der Waals surface area contributed by atoms with Crippen LogP contribution in [0, 0.1) is 0 Å². The summed E-state index contributed by atoms with van der Waals surface area (Å²) >= 11 is 0. The molecule has 0 aromatic carbocycles. The molecule has 0 N–H and O–H groups in total. The first kappa shape index (κ1) is 70.9. The zero-order chi connectivity index (χ0) is 62.2. The zero-order valence-electron chi connectivity index (χ0n) is 51.7. The molecule has 22 aliphatic rings. The third-order valence-electron chi connectivity index (χ3n) is 16.5. The average Bonchev–Trinajstić information content (AvgIpc) is 1.57. The van der Waals surface area contributed by atoms with Crippen LogP contribution < -0.4 is 0 Å². The van der Waals surface area contributed by atoms with Crippen molar-refractivity contribution in [3.05, 3.63) is 20.9 Å². The van der Waals surface area contributed by atoms with Gasteiger partial charge in [0.2, 0.25) is 0 Å². The van der Waals surface area contributed by atoms with Crippen LogP contribution in [-0.2, 0) is 133 Å². The second-order valence-corrected chi connectivity index (χ2v) is 20.9. The molecule has 0 spiro atoms. The van der Waals surface area contributed by atoms with Crippen LogP contribution in [0.25, 0.3) is 20.9 Å². The molecule has 30 atom stereocenters. The quantitative estimate of drug-likeness (QED) is 0.0700. The van der Waals surface area contributed by atoms with E-state index in [1.165, 1.54) is 114 Å². The highest BCUT2D eigenvalue weighted by Gasteiger charge is 2.61. The van der Waals surface area contributed by atoms with Crippen molar-refractivity contribution in [2.45, 2.75) is 184 Å². The summed E-state index contributed by atoms with van der Waals surface area (Å²) in [5.41, 5.74) is 19.5. The lowest BCUT2D eigenvalue weighted by Gasteiger charge is -2.53. The minimum Gasteiger partial charge on any atom is -0.382 e. The van der Waals surface area contributed by atoms with Gasteiger partial charge in [0.1, 0.15) is 134 Å². The summed E-state index contributed by atoms with van der Waals surface area (Å²) in [6.45, 7) is -0.847. The van der Waals surface area contributed by atoms with Gasteiger partial charge in [-0.1, -0.05) is 10.2 Å². The lowest BCUT2D eigenvalue weighted by atomic mass is 9.94. The Labute approximate surface area is 500 Å². The second-order valence-electron chi connectivity index (χ2n) is 20.9. The topological polar surface area (TPSA) is 356 Å². The van der Waals surface area contributed by atoms with Crippen LogP contribution in [0.4, 0.5) is 0 Å². The van der Waals surface area contributed by atoms with Crippen LogP contribution in [0.1, 0.15) is 0 Å². The molecule has 0 radical (unpaired) electrons.